The molecule has 0 unspecified atom stereocenters. The van der Waals surface area contributed by atoms with Crippen molar-refractivity contribution in [2.75, 3.05) is 0 Å². The van der Waals surface area contributed by atoms with Gasteiger partial charge < -0.3 is 0 Å². The summed E-state index contributed by atoms with van der Waals surface area (Å²) in [5.74, 6) is 0. The molecule has 0 saturated carbocycles. The molecule has 0 bridgehead atoms. The molecule has 40 heavy (non-hydrogen) atoms. The van der Waals surface area contributed by atoms with E-state index in [1.165, 1.54) is 0 Å². The van der Waals surface area contributed by atoms with Gasteiger partial charge in [0.1, 0.15) is 0 Å². The first-order valence-corrected chi connectivity index (χ1v) is 13.1. The number of rotatable bonds is 8. The standard InChI is InChI=1S/C32H32N6O2/c1-23-29(31(39)37(35(23)3)27-11-7-5-8-12-27)21-33-19-25-15-17-26(18-16-25)20-34-22-30-24(2)36(4)38(32(30)40)28-13-9-6-10-14-28/h5-20H,21-22H2,1-4H3. The Balaban J connectivity index is 1.25. The summed E-state index contributed by atoms with van der Waals surface area (Å²) in [7, 11) is 3.77. The number of hydrogen-bond acceptors (Lipinski definition) is 4. The van der Waals surface area contributed by atoms with Crippen molar-refractivity contribution in [1.29, 1.82) is 0 Å². The smallest absolute Gasteiger partial charge is 0.276 e. The lowest BCUT2D eigenvalue weighted by Gasteiger charge is -2.07. The maximum atomic E-state index is 13.1. The lowest BCUT2D eigenvalue weighted by atomic mass is 10.1. The summed E-state index contributed by atoms with van der Waals surface area (Å²) in [6, 6.07) is 27.0. The third-order valence-corrected chi connectivity index (χ3v) is 7.26. The van der Waals surface area contributed by atoms with Gasteiger partial charge in [0, 0.05) is 37.9 Å². The van der Waals surface area contributed by atoms with Gasteiger partial charge in [0.05, 0.1) is 35.6 Å². The monoisotopic (exact) mass is 532 g/mol. The number of hydrogen-bond donors (Lipinski definition) is 0. The van der Waals surface area contributed by atoms with Gasteiger partial charge in [-0.25, -0.2) is 9.36 Å². The first kappa shape index (κ1) is 26.6. The van der Waals surface area contributed by atoms with Gasteiger partial charge in [-0.05, 0) is 49.2 Å². The van der Waals surface area contributed by atoms with E-state index in [-0.39, 0.29) is 11.1 Å². The van der Waals surface area contributed by atoms with E-state index in [1.54, 1.807) is 21.8 Å². The maximum Gasteiger partial charge on any atom is 0.276 e. The van der Waals surface area contributed by atoms with Crippen molar-refractivity contribution < 1.29 is 0 Å². The van der Waals surface area contributed by atoms with Crippen molar-refractivity contribution in [2.24, 2.45) is 24.1 Å². The van der Waals surface area contributed by atoms with Crippen molar-refractivity contribution in [3.8, 4) is 11.4 Å². The molecule has 2 heterocycles. The second-order valence-corrected chi connectivity index (χ2v) is 9.69. The molecule has 8 heteroatoms. The van der Waals surface area contributed by atoms with Crippen LogP contribution in [0.15, 0.2) is 105 Å². The summed E-state index contributed by atoms with van der Waals surface area (Å²) < 4.78 is 7.07. The molecule has 3 aromatic carbocycles. The molecule has 8 nitrogen and oxygen atoms in total. The van der Waals surface area contributed by atoms with Crippen molar-refractivity contribution in [1.82, 2.24) is 18.7 Å². The van der Waals surface area contributed by atoms with E-state index in [1.807, 2.05) is 122 Å². The predicted octanol–water partition coefficient (Wildman–Crippen LogP) is 4.52. The van der Waals surface area contributed by atoms with Crippen LogP contribution in [0.2, 0.25) is 0 Å². The topological polar surface area (TPSA) is 78.6 Å². The lowest BCUT2D eigenvalue weighted by Crippen LogP contribution is -2.20. The number of nitrogens with zero attached hydrogens (tertiary/aromatic N) is 6. The van der Waals surface area contributed by atoms with E-state index >= 15 is 0 Å². The Labute approximate surface area is 232 Å². The minimum Gasteiger partial charge on any atom is -0.288 e. The highest BCUT2D eigenvalue weighted by molar-refractivity contribution is 5.84. The van der Waals surface area contributed by atoms with E-state index in [4.69, 9.17) is 0 Å². The van der Waals surface area contributed by atoms with Gasteiger partial charge in [0.2, 0.25) is 0 Å². The summed E-state index contributed by atoms with van der Waals surface area (Å²) in [5.41, 5.74) is 6.53. The number of para-hydroxylation sites is 2. The van der Waals surface area contributed by atoms with Crippen LogP contribution in [0.3, 0.4) is 0 Å². The summed E-state index contributed by atoms with van der Waals surface area (Å²) in [6.45, 7) is 4.48. The second kappa shape index (κ2) is 11.4. The molecule has 2 aromatic heterocycles. The molecule has 0 atom stereocenters. The SMILES string of the molecule is Cc1c(CN=Cc2ccc(C=NCc3c(C)n(C)n(-c4ccccc4)c3=O)cc2)c(=O)n(-c2ccccc2)n1C. The molecular weight excluding hydrogens is 500 g/mol. The number of aromatic nitrogens is 4. The van der Waals surface area contributed by atoms with E-state index < -0.39 is 0 Å². The summed E-state index contributed by atoms with van der Waals surface area (Å²) in [4.78, 5) is 35.2. The fraction of sp³-hybridized carbons (Fsp3) is 0.188. The van der Waals surface area contributed by atoms with Gasteiger partial charge in [-0.15, -0.1) is 0 Å². The predicted molar refractivity (Wildman–Crippen MR) is 161 cm³/mol. The fourth-order valence-corrected chi connectivity index (χ4v) is 4.76. The van der Waals surface area contributed by atoms with Crippen LogP contribution < -0.4 is 11.1 Å². The molecule has 0 amide bonds. The number of benzene rings is 3. The largest absolute Gasteiger partial charge is 0.288 e. The molecule has 0 fully saturated rings. The Morgan fingerprint density at radius 1 is 0.575 bits per heavy atom. The average Bonchev–Trinajstić information content (AvgIpc) is 3.32. The van der Waals surface area contributed by atoms with E-state index in [0.29, 0.717) is 24.2 Å². The van der Waals surface area contributed by atoms with E-state index in [2.05, 4.69) is 9.98 Å². The van der Waals surface area contributed by atoms with Gasteiger partial charge in [-0.1, -0.05) is 60.7 Å². The maximum absolute atomic E-state index is 13.1. The van der Waals surface area contributed by atoms with Crippen LogP contribution in [0.4, 0.5) is 0 Å². The van der Waals surface area contributed by atoms with Crippen molar-refractivity contribution in [3.63, 3.8) is 0 Å². The van der Waals surface area contributed by atoms with Crippen LogP contribution in [-0.4, -0.2) is 31.2 Å². The van der Waals surface area contributed by atoms with Gasteiger partial charge in [0.25, 0.3) is 11.1 Å². The zero-order valence-corrected chi connectivity index (χ0v) is 23.2. The highest BCUT2D eigenvalue weighted by Crippen LogP contribution is 2.12. The molecule has 0 N–H and O–H groups in total. The average molecular weight is 533 g/mol. The third-order valence-electron chi connectivity index (χ3n) is 7.26. The Hall–Kier alpha value is -4.98. The Bertz CT molecular complexity index is 1670. The van der Waals surface area contributed by atoms with Crippen LogP contribution in [0.25, 0.3) is 11.4 Å². The van der Waals surface area contributed by atoms with Crippen LogP contribution in [-0.2, 0) is 27.2 Å². The van der Waals surface area contributed by atoms with Crippen molar-refractivity contribution in [2.45, 2.75) is 26.9 Å². The quantitative estimate of drug-likeness (QED) is 0.276. The van der Waals surface area contributed by atoms with Crippen molar-refractivity contribution in [3.05, 3.63) is 139 Å². The molecule has 202 valence electrons. The highest BCUT2D eigenvalue weighted by Gasteiger charge is 2.16. The normalized spacial score (nSPS) is 11.7. The Morgan fingerprint density at radius 2 is 0.925 bits per heavy atom. The summed E-state index contributed by atoms with van der Waals surface area (Å²) in [6.07, 6.45) is 3.55. The molecule has 5 rings (SSSR count). The van der Waals surface area contributed by atoms with Crippen LogP contribution in [0, 0.1) is 13.8 Å². The Morgan fingerprint density at radius 3 is 1.27 bits per heavy atom. The van der Waals surface area contributed by atoms with Crippen LogP contribution >= 0.6 is 0 Å². The van der Waals surface area contributed by atoms with E-state index in [0.717, 1.165) is 33.9 Å². The molecule has 0 aliphatic carbocycles. The molecular formula is C32H32N6O2. The summed E-state index contributed by atoms with van der Waals surface area (Å²) >= 11 is 0. The first-order valence-electron chi connectivity index (χ1n) is 13.1. The minimum absolute atomic E-state index is 0.0564. The molecule has 0 spiro atoms. The molecule has 0 aliphatic heterocycles. The van der Waals surface area contributed by atoms with Gasteiger partial charge in [-0.2, -0.15) is 0 Å². The van der Waals surface area contributed by atoms with Gasteiger partial charge in [0.15, 0.2) is 0 Å². The third kappa shape index (κ3) is 5.16. The van der Waals surface area contributed by atoms with Gasteiger partial charge >= 0.3 is 0 Å². The fourth-order valence-electron chi connectivity index (χ4n) is 4.76. The number of aliphatic imine (C=N–C) groups is 2. The van der Waals surface area contributed by atoms with Crippen LogP contribution in [0.5, 0.6) is 0 Å². The lowest BCUT2D eigenvalue weighted by molar-refractivity contribution is 0.630. The second-order valence-electron chi connectivity index (χ2n) is 9.69. The summed E-state index contributed by atoms with van der Waals surface area (Å²) in [5, 5.41) is 0. The van der Waals surface area contributed by atoms with Crippen molar-refractivity contribution >= 4 is 12.4 Å². The zero-order valence-electron chi connectivity index (χ0n) is 23.2. The molecule has 0 radical (unpaired) electrons. The van der Waals surface area contributed by atoms with E-state index in [9.17, 15) is 9.59 Å². The minimum atomic E-state index is -0.0564. The molecule has 0 saturated heterocycles. The molecule has 5 aromatic rings. The van der Waals surface area contributed by atoms with Gasteiger partial charge in [-0.3, -0.25) is 28.9 Å². The highest BCUT2D eigenvalue weighted by atomic mass is 16.1. The van der Waals surface area contributed by atoms with Crippen LogP contribution in [0.1, 0.15) is 33.6 Å². The first-order chi connectivity index (χ1) is 19.4. The molecule has 0 aliphatic rings. The Kier molecular flexibility index (Phi) is 7.59. The zero-order chi connectivity index (χ0) is 28.2.